The predicted octanol–water partition coefficient (Wildman–Crippen LogP) is 2.94. The minimum atomic E-state index is -0.789. The Balaban J connectivity index is 2.28. The van der Waals surface area contributed by atoms with Crippen LogP contribution in [-0.2, 0) is 0 Å². The Labute approximate surface area is 111 Å². The van der Waals surface area contributed by atoms with E-state index in [4.69, 9.17) is 0 Å². The molecule has 6 heteroatoms. The Morgan fingerprint density at radius 2 is 2.00 bits per heavy atom. The van der Waals surface area contributed by atoms with Gasteiger partial charge in [-0.05, 0) is 40.2 Å². The van der Waals surface area contributed by atoms with Gasteiger partial charge in [0.2, 0.25) is 0 Å². The van der Waals surface area contributed by atoms with Crippen molar-refractivity contribution >= 4 is 27.7 Å². The molecule has 18 heavy (non-hydrogen) atoms. The van der Waals surface area contributed by atoms with Gasteiger partial charge < -0.3 is 10.4 Å². The lowest BCUT2D eigenvalue weighted by Gasteiger charge is -2.07. The number of nitrogens with one attached hydrogen (secondary N) is 1. The summed E-state index contributed by atoms with van der Waals surface area (Å²) in [5, 5.41) is 11.9. The number of rotatable bonds is 2. The maximum Gasteiger partial charge on any atom is 0.263 e. The molecule has 0 aliphatic rings. The van der Waals surface area contributed by atoms with E-state index >= 15 is 0 Å². The van der Waals surface area contributed by atoms with Crippen LogP contribution in [0.15, 0.2) is 41.0 Å². The highest BCUT2D eigenvalue weighted by Gasteiger charge is 2.16. The van der Waals surface area contributed by atoms with Crippen molar-refractivity contribution in [2.45, 2.75) is 0 Å². The molecule has 0 aliphatic carbocycles. The first-order valence-corrected chi connectivity index (χ1v) is 5.78. The second-order valence-electron chi connectivity index (χ2n) is 3.43. The zero-order valence-electron chi connectivity index (χ0n) is 9.02. The Hall–Kier alpha value is -1.95. The number of carbonyl (C=O) groups is 1. The number of phenolic OH excluding ortho intramolecular Hbond substituents is 1. The molecule has 1 aromatic heterocycles. The highest BCUT2D eigenvalue weighted by Crippen LogP contribution is 2.21. The van der Waals surface area contributed by atoms with Crippen LogP contribution in [0.5, 0.6) is 5.75 Å². The molecule has 2 rings (SSSR count). The van der Waals surface area contributed by atoms with E-state index in [-0.39, 0.29) is 5.82 Å². The quantitative estimate of drug-likeness (QED) is 0.838. The number of hydrogen-bond donors (Lipinski definition) is 2. The fourth-order valence-electron chi connectivity index (χ4n) is 1.39. The second-order valence-corrected chi connectivity index (χ2v) is 4.25. The molecule has 1 amide bonds. The van der Waals surface area contributed by atoms with Gasteiger partial charge in [0.1, 0.15) is 27.6 Å². The monoisotopic (exact) mass is 310 g/mol. The minimum absolute atomic E-state index is 0.261. The first-order chi connectivity index (χ1) is 8.58. The van der Waals surface area contributed by atoms with Crippen molar-refractivity contribution in [3.8, 4) is 5.75 Å². The second kappa shape index (κ2) is 5.14. The van der Waals surface area contributed by atoms with Gasteiger partial charge in [-0.15, -0.1) is 0 Å². The van der Waals surface area contributed by atoms with Crippen LogP contribution in [0.2, 0.25) is 0 Å². The molecule has 0 fully saturated rings. The van der Waals surface area contributed by atoms with Gasteiger partial charge in [0.15, 0.2) is 0 Å². The van der Waals surface area contributed by atoms with Crippen LogP contribution in [0.1, 0.15) is 10.4 Å². The topological polar surface area (TPSA) is 62.2 Å². The third-order valence-corrected chi connectivity index (χ3v) is 2.62. The number of halogens is 2. The first kappa shape index (κ1) is 12.5. The standard InChI is InChI=1S/C12H8BrFN2O2/c13-9-5-2-6-10(15-9)16-12(18)11-7(14)3-1-4-8(11)17/h1-6,17H,(H,15,16,18). The molecular weight excluding hydrogens is 303 g/mol. The van der Waals surface area contributed by atoms with Gasteiger partial charge >= 0.3 is 0 Å². The Kier molecular flexibility index (Phi) is 3.57. The van der Waals surface area contributed by atoms with Crippen LogP contribution in [0.3, 0.4) is 0 Å². The summed E-state index contributed by atoms with van der Waals surface area (Å²) in [6, 6.07) is 8.58. The number of nitrogens with zero attached hydrogens (tertiary/aromatic N) is 1. The number of aromatic hydroxyl groups is 1. The molecule has 0 saturated heterocycles. The number of hydrogen-bond acceptors (Lipinski definition) is 3. The number of benzene rings is 1. The van der Waals surface area contributed by atoms with Crippen LogP contribution in [0.25, 0.3) is 0 Å². The lowest BCUT2D eigenvalue weighted by atomic mass is 10.1. The number of amides is 1. The molecule has 1 aromatic carbocycles. The van der Waals surface area contributed by atoms with Crippen molar-refractivity contribution in [2.75, 3.05) is 5.32 Å². The van der Waals surface area contributed by atoms with E-state index in [0.29, 0.717) is 4.60 Å². The number of aromatic nitrogens is 1. The van der Waals surface area contributed by atoms with Gasteiger partial charge in [-0.25, -0.2) is 9.37 Å². The number of pyridine rings is 1. The summed E-state index contributed by atoms with van der Waals surface area (Å²) >= 11 is 3.15. The summed E-state index contributed by atoms with van der Waals surface area (Å²) in [5.41, 5.74) is -0.403. The summed E-state index contributed by atoms with van der Waals surface area (Å²) in [5.74, 6) is -1.70. The van der Waals surface area contributed by atoms with E-state index in [1.165, 1.54) is 12.1 Å². The molecule has 0 aliphatic heterocycles. The van der Waals surface area contributed by atoms with Gasteiger partial charge in [0.05, 0.1) is 0 Å². The molecule has 4 nitrogen and oxygen atoms in total. The highest BCUT2D eigenvalue weighted by atomic mass is 79.9. The van der Waals surface area contributed by atoms with Crippen LogP contribution >= 0.6 is 15.9 Å². The molecule has 0 unspecified atom stereocenters. The predicted molar refractivity (Wildman–Crippen MR) is 68.0 cm³/mol. The largest absolute Gasteiger partial charge is 0.507 e. The highest BCUT2D eigenvalue weighted by molar-refractivity contribution is 9.10. The molecular formula is C12H8BrFN2O2. The third-order valence-electron chi connectivity index (χ3n) is 2.18. The van der Waals surface area contributed by atoms with Crippen LogP contribution in [0, 0.1) is 5.82 Å². The Morgan fingerprint density at radius 3 is 2.67 bits per heavy atom. The van der Waals surface area contributed by atoms with Crippen molar-refractivity contribution in [3.05, 3.63) is 52.4 Å². The van der Waals surface area contributed by atoms with E-state index in [1.54, 1.807) is 18.2 Å². The van der Waals surface area contributed by atoms with Gasteiger partial charge in [0.25, 0.3) is 5.91 Å². The lowest BCUT2D eigenvalue weighted by Crippen LogP contribution is -2.14. The van der Waals surface area contributed by atoms with Gasteiger partial charge in [-0.2, -0.15) is 0 Å². The number of anilines is 1. The summed E-state index contributed by atoms with van der Waals surface area (Å²) < 4.78 is 14.0. The van der Waals surface area contributed by atoms with E-state index in [2.05, 4.69) is 26.2 Å². The van der Waals surface area contributed by atoms with Crippen LogP contribution in [0.4, 0.5) is 10.2 Å². The summed E-state index contributed by atoms with van der Waals surface area (Å²) in [6.45, 7) is 0. The fourth-order valence-corrected chi connectivity index (χ4v) is 1.74. The van der Waals surface area contributed by atoms with Crippen LogP contribution in [-0.4, -0.2) is 16.0 Å². The van der Waals surface area contributed by atoms with E-state index in [0.717, 1.165) is 6.07 Å². The van der Waals surface area contributed by atoms with Crippen molar-refractivity contribution in [2.24, 2.45) is 0 Å². The lowest BCUT2D eigenvalue weighted by molar-refractivity contribution is 0.102. The molecule has 0 saturated carbocycles. The Bertz CT molecular complexity index is 584. The van der Waals surface area contributed by atoms with Crippen molar-refractivity contribution in [3.63, 3.8) is 0 Å². The summed E-state index contributed by atoms with van der Waals surface area (Å²) in [4.78, 5) is 15.8. The molecule has 0 bridgehead atoms. The molecule has 0 spiro atoms. The molecule has 2 aromatic rings. The zero-order chi connectivity index (χ0) is 13.1. The fraction of sp³-hybridized carbons (Fsp3) is 0. The Morgan fingerprint density at radius 1 is 1.28 bits per heavy atom. The minimum Gasteiger partial charge on any atom is -0.507 e. The molecule has 0 radical (unpaired) electrons. The van der Waals surface area contributed by atoms with Gasteiger partial charge in [-0.3, -0.25) is 4.79 Å². The molecule has 1 heterocycles. The molecule has 92 valence electrons. The average Bonchev–Trinajstić information content (AvgIpc) is 2.28. The van der Waals surface area contributed by atoms with Gasteiger partial charge in [-0.1, -0.05) is 12.1 Å². The molecule has 2 N–H and O–H groups in total. The zero-order valence-corrected chi connectivity index (χ0v) is 10.6. The normalized spacial score (nSPS) is 10.1. The smallest absolute Gasteiger partial charge is 0.263 e. The van der Waals surface area contributed by atoms with E-state index in [1.807, 2.05) is 0 Å². The maximum atomic E-state index is 13.4. The summed E-state index contributed by atoms with van der Waals surface area (Å²) in [6.07, 6.45) is 0. The third kappa shape index (κ3) is 2.65. The SMILES string of the molecule is O=C(Nc1cccc(Br)n1)c1c(O)cccc1F. The first-order valence-electron chi connectivity index (χ1n) is 4.99. The van der Waals surface area contributed by atoms with Crippen molar-refractivity contribution < 1.29 is 14.3 Å². The van der Waals surface area contributed by atoms with Crippen molar-refractivity contribution in [1.82, 2.24) is 4.98 Å². The number of phenols is 1. The van der Waals surface area contributed by atoms with Crippen molar-refractivity contribution in [1.29, 1.82) is 0 Å². The van der Waals surface area contributed by atoms with Crippen LogP contribution < -0.4 is 5.32 Å². The maximum absolute atomic E-state index is 13.4. The van der Waals surface area contributed by atoms with Gasteiger partial charge in [0, 0.05) is 0 Å². The molecule has 0 atom stereocenters. The average molecular weight is 311 g/mol. The number of carbonyl (C=O) groups excluding carboxylic acids is 1. The summed E-state index contributed by atoms with van der Waals surface area (Å²) in [7, 11) is 0. The van der Waals surface area contributed by atoms with E-state index < -0.39 is 23.0 Å². The van der Waals surface area contributed by atoms with E-state index in [9.17, 15) is 14.3 Å².